The molecule has 1 aliphatic rings. The highest BCUT2D eigenvalue weighted by molar-refractivity contribution is 7.99. The van der Waals surface area contributed by atoms with Crippen LogP contribution in [0, 0.1) is 0 Å². The molecule has 0 aromatic heterocycles. The number of aliphatic carboxylic acids is 4. The van der Waals surface area contributed by atoms with Gasteiger partial charge in [0, 0.05) is 46.7 Å². The average Bonchev–Trinajstić information content (AvgIpc) is 2.86. The number of hydrogen-bond donors (Lipinski definition) is 4. The van der Waals surface area contributed by atoms with Crippen molar-refractivity contribution in [1.29, 1.82) is 0 Å². The van der Waals surface area contributed by atoms with Crippen LogP contribution in [0.1, 0.15) is 6.42 Å². The molecule has 0 atom stereocenters. The smallest absolute Gasteiger partial charge is 0.328 e. The number of carboxylic acids is 4. The molecule has 0 unspecified atom stereocenters. The van der Waals surface area contributed by atoms with Crippen molar-refractivity contribution >= 4 is 47.0 Å². The summed E-state index contributed by atoms with van der Waals surface area (Å²) in [4.78, 5) is 45.5. The van der Waals surface area contributed by atoms with Gasteiger partial charge in [0.25, 0.3) is 0 Å². The number of fused-ring (bicyclic) bond motifs is 2. The van der Waals surface area contributed by atoms with Crippen molar-refractivity contribution in [2.45, 2.75) is 16.2 Å². The third-order valence-electron chi connectivity index (χ3n) is 4.56. The van der Waals surface area contributed by atoms with E-state index in [1.807, 2.05) is 17.8 Å². The molecule has 0 amide bonds. The Morgan fingerprint density at radius 1 is 0.816 bits per heavy atom. The fourth-order valence-electron chi connectivity index (χ4n) is 3.01. The van der Waals surface area contributed by atoms with E-state index in [1.54, 1.807) is 7.11 Å². The van der Waals surface area contributed by atoms with Gasteiger partial charge >= 0.3 is 23.9 Å². The van der Waals surface area contributed by atoms with Crippen LogP contribution in [0.3, 0.4) is 0 Å². The van der Waals surface area contributed by atoms with E-state index in [1.165, 1.54) is 21.2 Å². The summed E-state index contributed by atoms with van der Waals surface area (Å²) in [5.41, 5.74) is 2.55. The second kappa shape index (κ2) is 16.5. The number of carboxylic acid groups (broad SMARTS) is 4. The molecule has 12 heteroatoms. The van der Waals surface area contributed by atoms with Crippen molar-refractivity contribution in [3.8, 4) is 5.75 Å². The van der Waals surface area contributed by atoms with Gasteiger partial charge in [-0.3, -0.25) is 0 Å². The molecule has 0 saturated heterocycles. The van der Waals surface area contributed by atoms with E-state index in [9.17, 15) is 19.2 Å². The Kier molecular flexibility index (Phi) is 13.7. The number of carbonyl (C=O) groups is 4. The Bertz CT molecular complexity index is 1110. The SMILES string of the molecule is COc1ccc2c(c1)N(CCCN(C)C)c1ccccc1S2.O=C(O)/C=C\C(=O)O.O=C(O)/C=C\C(=O)O. The Morgan fingerprint density at radius 2 is 1.32 bits per heavy atom. The lowest BCUT2D eigenvalue weighted by Crippen LogP contribution is -2.25. The monoisotopic (exact) mass is 546 g/mol. The first-order valence-electron chi connectivity index (χ1n) is 11.1. The number of nitrogens with zero attached hydrogens (tertiary/aromatic N) is 2. The fourth-order valence-corrected chi connectivity index (χ4v) is 4.08. The summed E-state index contributed by atoms with van der Waals surface area (Å²) in [5.74, 6) is -4.11. The minimum atomic E-state index is -1.26. The van der Waals surface area contributed by atoms with E-state index in [0.29, 0.717) is 24.3 Å². The van der Waals surface area contributed by atoms with E-state index >= 15 is 0 Å². The van der Waals surface area contributed by atoms with Crippen LogP contribution in [0.25, 0.3) is 0 Å². The van der Waals surface area contributed by atoms with Gasteiger partial charge in [-0.25, -0.2) is 19.2 Å². The van der Waals surface area contributed by atoms with Crippen molar-refractivity contribution in [3.63, 3.8) is 0 Å². The highest BCUT2D eigenvalue weighted by Gasteiger charge is 2.23. The summed E-state index contributed by atoms with van der Waals surface area (Å²) in [6.07, 6.45) is 3.36. The number of ether oxygens (including phenoxy) is 1. The van der Waals surface area contributed by atoms with E-state index in [0.717, 1.165) is 25.3 Å². The first-order chi connectivity index (χ1) is 17.9. The molecular formula is C26H30N2O9S. The summed E-state index contributed by atoms with van der Waals surface area (Å²) < 4.78 is 5.42. The van der Waals surface area contributed by atoms with Crippen LogP contribution >= 0.6 is 11.8 Å². The Labute approximate surface area is 224 Å². The molecular weight excluding hydrogens is 516 g/mol. The number of rotatable bonds is 9. The normalized spacial score (nSPS) is 11.5. The molecule has 0 radical (unpaired) electrons. The zero-order valence-electron chi connectivity index (χ0n) is 21.1. The number of hydrogen-bond acceptors (Lipinski definition) is 8. The summed E-state index contributed by atoms with van der Waals surface area (Å²) >= 11 is 1.84. The van der Waals surface area contributed by atoms with Crippen molar-refractivity contribution < 1.29 is 44.3 Å². The predicted octanol–water partition coefficient (Wildman–Crippen LogP) is 3.67. The Morgan fingerprint density at radius 3 is 1.79 bits per heavy atom. The zero-order chi connectivity index (χ0) is 28.7. The summed E-state index contributed by atoms with van der Waals surface area (Å²) in [7, 11) is 5.97. The second-order valence-corrected chi connectivity index (χ2v) is 8.82. The van der Waals surface area contributed by atoms with Crippen LogP contribution in [0.5, 0.6) is 5.75 Å². The Balaban J connectivity index is 0.000000374. The molecule has 2 aromatic carbocycles. The first kappa shape index (κ1) is 31.7. The first-order valence-corrected chi connectivity index (χ1v) is 11.9. The van der Waals surface area contributed by atoms with Crippen LogP contribution in [-0.4, -0.2) is 83.5 Å². The van der Waals surface area contributed by atoms with Gasteiger partial charge in [0.15, 0.2) is 0 Å². The third kappa shape index (κ3) is 12.1. The van der Waals surface area contributed by atoms with Gasteiger partial charge in [0.1, 0.15) is 5.75 Å². The molecule has 0 saturated carbocycles. The number of methoxy groups -OCH3 is 1. The summed E-state index contributed by atoms with van der Waals surface area (Å²) in [6, 6.07) is 15.0. The highest BCUT2D eigenvalue weighted by Crippen LogP contribution is 2.48. The van der Waals surface area contributed by atoms with Crippen molar-refractivity contribution in [3.05, 3.63) is 66.8 Å². The Hall–Kier alpha value is -4.29. The van der Waals surface area contributed by atoms with Crippen LogP contribution in [0.2, 0.25) is 0 Å². The van der Waals surface area contributed by atoms with Crippen molar-refractivity contribution in [2.75, 3.05) is 39.2 Å². The van der Waals surface area contributed by atoms with Crippen LogP contribution in [0.15, 0.2) is 76.6 Å². The number of para-hydroxylation sites is 1. The molecule has 3 rings (SSSR count). The lowest BCUT2D eigenvalue weighted by molar-refractivity contribution is -0.134. The van der Waals surface area contributed by atoms with Crippen LogP contribution in [-0.2, 0) is 19.2 Å². The fraction of sp³-hybridized carbons (Fsp3) is 0.231. The third-order valence-corrected chi connectivity index (χ3v) is 5.69. The van der Waals surface area contributed by atoms with E-state index in [2.05, 4.69) is 60.3 Å². The zero-order valence-corrected chi connectivity index (χ0v) is 21.9. The maximum absolute atomic E-state index is 9.55. The number of benzene rings is 2. The molecule has 38 heavy (non-hydrogen) atoms. The van der Waals surface area contributed by atoms with Gasteiger partial charge in [-0.2, -0.15) is 0 Å². The molecule has 11 nitrogen and oxygen atoms in total. The van der Waals surface area contributed by atoms with Gasteiger partial charge < -0.3 is 35.0 Å². The van der Waals surface area contributed by atoms with Crippen molar-refractivity contribution in [1.82, 2.24) is 4.90 Å². The standard InChI is InChI=1S/C18H22N2OS.2C4H4O4/c1-19(2)11-6-12-20-15-7-4-5-8-17(15)22-18-10-9-14(21-3)13-16(18)20;2*5-3(6)1-2-4(7)8/h4-5,7-10,13H,6,11-12H2,1-3H3;2*1-2H,(H,5,6)(H,7,8)/b;2*2-1-. The highest BCUT2D eigenvalue weighted by atomic mass is 32.2. The summed E-state index contributed by atoms with van der Waals surface area (Å²) in [5, 5.41) is 31.2. The van der Waals surface area contributed by atoms with Gasteiger partial charge in [0.05, 0.1) is 18.5 Å². The predicted molar refractivity (Wildman–Crippen MR) is 143 cm³/mol. The molecule has 204 valence electrons. The van der Waals surface area contributed by atoms with E-state index in [-0.39, 0.29) is 0 Å². The second-order valence-electron chi connectivity index (χ2n) is 7.73. The molecule has 0 fully saturated rings. The topological polar surface area (TPSA) is 165 Å². The van der Waals surface area contributed by atoms with Crippen molar-refractivity contribution in [2.24, 2.45) is 0 Å². The maximum atomic E-state index is 9.55. The lowest BCUT2D eigenvalue weighted by Gasteiger charge is -2.33. The lowest BCUT2D eigenvalue weighted by atomic mass is 10.2. The minimum Gasteiger partial charge on any atom is -0.497 e. The quantitative estimate of drug-likeness (QED) is 0.338. The molecule has 0 bridgehead atoms. The van der Waals surface area contributed by atoms with E-state index < -0.39 is 23.9 Å². The van der Waals surface area contributed by atoms with Gasteiger partial charge in [-0.1, -0.05) is 23.9 Å². The van der Waals surface area contributed by atoms with Gasteiger partial charge in [-0.05, 0) is 51.3 Å². The van der Waals surface area contributed by atoms with E-state index in [4.69, 9.17) is 25.2 Å². The molecule has 2 aromatic rings. The molecule has 1 aliphatic heterocycles. The number of anilines is 2. The van der Waals surface area contributed by atoms with Gasteiger partial charge in [-0.15, -0.1) is 0 Å². The van der Waals surface area contributed by atoms with Gasteiger partial charge in [0.2, 0.25) is 0 Å². The van der Waals surface area contributed by atoms with Crippen LogP contribution in [0.4, 0.5) is 11.4 Å². The largest absolute Gasteiger partial charge is 0.497 e. The maximum Gasteiger partial charge on any atom is 0.328 e. The van der Waals surface area contributed by atoms with Crippen LogP contribution < -0.4 is 9.64 Å². The molecule has 1 heterocycles. The minimum absolute atomic E-state index is 0.558. The molecule has 0 aliphatic carbocycles. The average molecular weight is 547 g/mol. The summed E-state index contributed by atoms with van der Waals surface area (Å²) in [6.45, 7) is 2.10. The molecule has 4 N–H and O–H groups in total. The molecule has 0 spiro atoms.